The normalized spacial score (nSPS) is 15.3. The third kappa shape index (κ3) is 4.65. The average Bonchev–Trinajstić information content (AvgIpc) is 3.27. The molecule has 3 aromatic rings. The van der Waals surface area contributed by atoms with Crippen LogP contribution in [0.3, 0.4) is 0 Å². The summed E-state index contributed by atoms with van der Waals surface area (Å²) in [4.78, 5) is 8.60. The van der Waals surface area contributed by atoms with Gasteiger partial charge in [-0.3, -0.25) is 0 Å². The molecular formula is C21H25N5O2S. The third-order valence-electron chi connectivity index (χ3n) is 5.11. The van der Waals surface area contributed by atoms with Gasteiger partial charge in [0.15, 0.2) is 0 Å². The lowest BCUT2D eigenvalue weighted by Gasteiger charge is -2.26. The zero-order valence-electron chi connectivity index (χ0n) is 16.2. The highest BCUT2D eigenvalue weighted by atomic mass is 32.2. The molecule has 1 aromatic carbocycles. The maximum absolute atomic E-state index is 13.1. The molecule has 1 fully saturated rings. The number of aromatic nitrogens is 3. The van der Waals surface area contributed by atoms with E-state index in [1.165, 1.54) is 5.56 Å². The summed E-state index contributed by atoms with van der Waals surface area (Å²) in [6.45, 7) is 2.43. The van der Waals surface area contributed by atoms with E-state index in [1.54, 1.807) is 35.2 Å². The van der Waals surface area contributed by atoms with Gasteiger partial charge in [0.05, 0.1) is 6.33 Å². The van der Waals surface area contributed by atoms with Crippen molar-refractivity contribution in [3.8, 4) is 0 Å². The van der Waals surface area contributed by atoms with Crippen LogP contribution in [0.25, 0.3) is 0 Å². The van der Waals surface area contributed by atoms with Crippen LogP contribution >= 0.6 is 0 Å². The first-order chi connectivity index (χ1) is 14.1. The predicted molar refractivity (Wildman–Crippen MR) is 112 cm³/mol. The van der Waals surface area contributed by atoms with Crippen LogP contribution in [0.2, 0.25) is 0 Å². The number of nitrogens with zero attached hydrogens (tertiary/aromatic N) is 4. The van der Waals surface area contributed by atoms with Gasteiger partial charge < -0.3 is 9.88 Å². The van der Waals surface area contributed by atoms with Crippen LogP contribution in [0.4, 0.5) is 5.82 Å². The summed E-state index contributed by atoms with van der Waals surface area (Å²) in [7, 11) is -3.53. The van der Waals surface area contributed by atoms with Crippen molar-refractivity contribution >= 4 is 15.8 Å². The molecule has 1 aliphatic rings. The van der Waals surface area contributed by atoms with Crippen LogP contribution < -0.4 is 5.32 Å². The van der Waals surface area contributed by atoms with E-state index in [1.807, 2.05) is 22.9 Å². The summed E-state index contributed by atoms with van der Waals surface area (Å²) in [6, 6.07) is 11.5. The number of piperidine rings is 1. The van der Waals surface area contributed by atoms with Crippen LogP contribution in [0.15, 0.2) is 66.2 Å². The minimum atomic E-state index is -3.53. The highest BCUT2D eigenvalue weighted by molar-refractivity contribution is 7.89. The fraction of sp³-hybridized carbons (Fsp3) is 0.333. The molecule has 1 saturated heterocycles. The molecule has 29 heavy (non-hydrogen) atoms. The van der Waals surface area contributed by atoms with E-state index in [2.05, 4.69) is 27.4 Å². The summed E-state index contributed by atoms with van der Waals surface area (Å²) >= 11 is 0. The highest BCUT2D eigenvalue weighted by Crippen LogP contribution is 2.25. The zero-order chi connectivity index (χ0) is 20.1. The average molecular weight is 412 g/mol. The molecule has 3 heterocycles. The minimum absolute atomic E-state index is 0.249. The maximum atomic E-state index is 13.1. The quantitative estimate of drug-likeness (QED) is 0.646. The molecule has 0 unspecified atom stereocenters. The van der Waals surface area contributed by atoms with Gasteiger partial charge in [-0.2, -0.15) is 4.31 Å². The van der Waals surface area contributed by atoms with Crippen molar-refractivity contribution in [2.24, 2.45) is 0 Å². The molecule has 0 aliphatic carbocycles. The summed E-state index contributed by atoms with van der Waals surface area (Å²) in [5.41, 5.74) is 2.24. The first-order valence-electron chi connectivity index (χ1n) is 9.85. The molecule has 1 N–H and O–H groups in total. The van der Waals surface area contributed by atoms with Crippen molar-refractivity contribution in [2.75, 3.05) is 18.4 Å². The van der Waals surface area contributed by atoms with Gasteiger partial charge in [-0.1, -0.05) is 30.7 Å². The number of imidazole rings is 1. The van der Waals surface area contributed by atoms with Gasteiger partial charge in [-0.25, -0.2) is 18.4 Å². The summed E-state index contributed by atoms with van der Waals surface area (Å²) in [5.74, 6) is 0.403. The Balaban J connectivity index is 1.45. The molecule has 0 atom stereocenters. The Labute approximate surface area is 171 Å². The lowest BCUT2D eigenvalue weighted by atomic mass is 10.1. The lowest BCUT2D eigenvalue weighted by molar-refractivity contribution is 0.346. The van der Waals surface area contributed by atoms with E-state index >= 15 is 0 Å². The lowest BCUT2D eigenvalue weighted by Crippen LogP contribution is -2.36. The fourth-order valence-corrected chi connectivity index (χ4v) is 5.15. The molecule has 0 bridgehead atoms. The molecule has 4 rings (SSSR count). The first-order valence-corrected chi connectivity index (χ1v) is 11.3. The second kappa shape index (κ2) is 8.75. The topological polar surface area (TPSA) is 80.1 Å². The standard InChI is InChI=1S/C21H25N5O2S/c27-29(28,26-12-2-1-3-13-26)20-5-4-10-23-21(20)24-15-18-6-8-19(9-7-18)16-25-14-11-22-17-25/h4-11,14,17H,1-3,12-13,15-16H2,(H,23,24). The van der Waals surface area contributed by atoms with Gasteiger partial charge >= 0.3 is 0 Å². The van der Waals surface area contributed by atoms with E-state index in [4.69, 9.17) is 0 Å². The molecule has 8 heteroatoms. The maximum Gasteiger partial charge on any atom is 0.246 e. The molecule has 0 radical (unpaired) electrons. The SMILES string of the molecule is O=S(=O)(c1cccnc1NCc1ccc(Cn2ccnc2)cc1)N1CCCCC1. The second-order valence-electron chi connectivity index (χ2n) is 7.22. The molecule has 0 spiro atoms. The molecular weight excluding hydrogens is 386 g/mol. The number of rotatable bonds is 7. The Bertz CT molecular complexity index is 1030. The van der Waals surface area contributed by atoms with Gasteiger partial charge in [0.1, 0.15) is 10.7 Å². The van der Waals surface area contributed by atoms with Gasteiger partial charge in [-0.15, -0.1) is 0 Å². The molecule has 152 valence electrons. The Hall–Kier alpha value is -2.71. The van der Waals surface area contributed by atoms with Crippen molar-refractivity contribution < 1.29 is 8.42 Å². The Morgan fingerprint density at radius 3 is 2.45 bits per heavy atom. The summed E-state index contributed by atoms with van der Waals surface area (Å²) in [5, 5.41) is 3.21. The Kier molecular flexibility index (Phi) is 5.92. The third-order valence-corrected chi connectivity index (χ3v) is 7.04. The number of anilines is 1. The number of nitrogens with one attached hydrogen (secondary N) is 1. The molecule has 1 aliphatic heterocycles. The number of benzene rings is 1. The van der Waals surface area contributed by atoms with E-state index in [0.717, 1.165) is 31.4 Å². The van der Waals surface area contributed by atoms with Crippen molar-refractivity contribution in [3.05, 3.63) is 72.4 Å². The Morgan fingerprint density at radius 1 is 0.966 bits per heavy atom. The number of sulfonamides is 1. The predicted octanol–water partition coefficient (Wildman–Crippen LogP) is 3.11. The zero-order valence-corrected chi connectivity index (χ0v) is 17.1. The van der Waals surface area contributed by atoms with Crippen LogP contribution in [0.1, 0.15) is 30.4 Å². The van der Waals surface area contributed by atoms with E-state index < -0.39 is 10.0 Å². The van der Waals surface area contributed by atoms with Crippen molar-refractivity contribution in [2.45, 2.75) is 37.2 Å². The van der Waals surface area contributed by atoms with Crippen LogP contribution in [0, 0.1) is 0 Å². The van der Waals surface area contributed by atoms with Gasteiger partial charge in [0.25, 0.3) is 0 Å². The number of hydrogen-bond acceptors (Lipinski definition) is 5. The van der Waals surface area contributed by atoms with Gasteiger partial charge in [0, 0.05) is 44.8 Å². The summed E-state index contributed by atoms with van der Waals surface area (Å²) in [6.07, 6.45) is 10.0. The smallest absolute Gasteiger partial charge is 0.246 e. The Morgan fingerprint density at radius 2 is 1.72 bits per heavy atom. The van der Waals surface area contributed by atoms with E-state index in [-0.39, 0.29) is 4.90 Å². The largest absolute Gasteiger partial charge is 0.365 e. The number of pyridine rings is 1. The summed E-state index contributed by atoms with van der Waals surface area (Å²) < 4.78 is 29.7. The highest BCUT2D eigenvalue weighted by Gasteiger charge is 2.28. The first kappa shape index (κ1) is 19.6. The van der Waals surface area contributed by atoms with Crippen molar-refractivity contribution in [3.63, 3.8) is 0 Å². The fourth-order valence-electron chi connectivity index (χ4n) is 3.52. The van der Waals surface area contributed by atoms with Crippen LogP contribution in [0.5, 0.6) is 0 Å². The second-order valence-corrected chi connectivity index (χ2v) is 9.13. The van der Waals surface area contributed by atoms with Crippen LogP contribution in [-0.4, -0.2) is 40.3 Å². The van der Waals surface area contributed by atoms with E-state index in [9.17, 15) is 8.42 Å². The van der Waals surface area contributed by atoms with Crippen LogP contribution in [-0.2, 0) is 23.1 Å². The monoisotopic (exact) mass is 411 g/mol. The molecule has 0 saturated carbocycles. The molecule has 0 amide bonds. The molecule has 7 nitrogen and oxygen atoms in total. The van der Waals surface area contributed by atoms with Crippen molar-refractivity contribution in [1.82, 2.24) is 18.8 Å². The van der Waals surface area contributed by atoms with Gasteiger partial charge in [0.2, 0.25) is 10.0 Å². The minimum Gasteiger partial charge on any atom is -0.365 e. The van der Waals surface area contributed by atoms with E-state index in [0.29, 0.717) is 25.5 Å². The van der Waals surface area contributed by atoms with Gasteiger partial charge in [-0.05, 0) is 36.1 Å². The van der Waals surface area contributed by atoms with Crippen molar-refractivity contribution in [1.29, 1.82) is 0 Å². The number of hydrogen-bond donors (Lipinski definition) is 1. The molecule has 2 aromatic heterocycles.